The van der Waals surface area contributed by atoms with E-state index in [0.29, 0.717) is 0 Å². The number of alkyl halides is 1. The zero-order valence-electron chi connectivity index (χ0n) is 14.8. The molecule has 0 aromatic carbocycles. The van der Waals surface area contributed by atoms with Crippen molar-refractivity contribution in [3.05, 3.63) is 16.7 Å². The molecular formula is C14H18FN5O7P+. The third kappa shape index (κ3) is 3.80. The van der Waals surface area contributed by atoms with Crippen LogP contribution in [0.15, 0.2) is 11.1 Å². The number of aliphatic hydroxyl groups excluding tert-OH is 1. The molecule has 1 unspecified atom stereocenters. The zero-order valence-corrected chi connectivity index (χ0v) is 15.7. The average molecular weight is 418 g/mol. The number of imidazole rings is 1. The molecule has 1 amide bonds. The standard InChI is InChI=1S/C14H17FN5O7P/c1-5(2)11(22)18-14-17-10-8(12(23)19-14)20(4-16-10)13-9(27-28(24)25)7(15)6(3-21)26-13/h4-7,9,13,21H,3H2,1-2H3,(H2-,17,18,19,22,23,24,25)/p+1/t6-,7-,9-,13-/m1/s1. The molecule has 3 rings (SSSR count). The highest BCUT2D eigenvalue weighted by Crippen LogP contribution is 2.38. The van der Waals surface area contributed by atoms with Crippen LogP contribution in [0.1, 0.15) is 20.1 Å². The molecule has 5 atom stereocenters. The van der Waals surface area contributed by atoms with Gasteiger partial charge in [0, 0.05) is 10.5 Å². The number of anilines is 1. The molecule has 2 aromatic rings. The second-order valence-corrected chi connectivity index (χ2v) is 7.07. The number of amides is 1. The van der Waals surface area contributed by atoms with Gasteiger partial charge in [0.1, 0.15) is 12.4 Å². The van der Waals surface area contributed by atoms with E-state index in [2.05, 4.69) is 20.3 Å². The quantitative estimate of drug-likeness (QED) is 0.471. The summed E-state index contributed by atoms with van der Waals surface area (Å²) in [7, 11) is -3.17. The maximum absolute atomic E-state index is 14.4. The number of hydrogen-bond donors (Lipinski definition) is 4. The Morgan fingerprint density at radius 3 is 2.89 bits per heavy atom. The number of rotatable bonds is 6. The molecule has 12 nitrogen and oxygen atoms in total. The number of fused-ring (bicyclic) bond motifs is 1. The van der Waals surface area contributed by atoms with Gasteiger partial charge in [0.25, 0.3) is 5.56 Å². The third-order valence-corrected chi connectivity index (χ3v) is 4.56. The number of ether oxygens (including phenoxy) is 1. The van der Waals surface area contributed by atoms with Crippen molar-refractivity contribution in [2.45, 2.75) is 38.5 Å². The van der Waals surface area contributed by atoms with Gasteiger partial charge in [-0.3, -0.25) is 24.5 Å². The van der Waals surface area contributed by atoms with Gasteiger partial charge in [-0.2, -0.15) is 4.98 Å². The van der Waals surface area contributed by atoms with Gasteiger partial charge >= 0.3 is 8.25 Å². The molecule has 1 fully saturated rings. The van der Waals surface area contributed by atoms with E-state index in [1.807, 2.05) is 0 Å². The predicted octanol–water partition coefficient (Wildman–Crippen LogP) is -0.0232. The Morgan fingerprint density at radius 1 is 1.57 bits per heavy atom. The first-order chi connectivity index (χ1) is 13.2. The lowest BCUT2D eigenvalue weighted by atomic mass is 10.1. The summed E-state index contributed by atoms with van der Waals surface area (Å²) in [6, 6.07) is 0. The first-order valence-corrected chi connectivity index (χ1v) is 9.37. The van der Waals surface area contributed by atoms with Crippen LogP contribution in [0, 0.1) is 5.92 Å². The number of halogens is 1. The highest BCUT2D eigenvalue weighted by molar-refractivity contribution is 7.32. The number of aromatic amines is 1. The van der Waals surface area contributed by atoms with Crippen LogP contribution in [0.4, 0.5) is 10.3 Å². The van der Waals surface area contributed by atoms with Crippen molar-refractivity contribution in [3.63, 3.8) is 0 Å². The second-order valence-electron chi connectivity index (χ2n) is 6.38. The van der Waals surface area contributed by atoms with Gasteiger partial charge in [0.05, 0.1) is 6.61 Å². The third-order valence-electron chi connectivity index (χ3n) is 4.14. The van der Waals surface area contributed by atoms with Gasteiger partial charge in [-0.05, 0) is 0 Å². The molecular weight excluding hydrogens is 400 g/mol. The summed E-state index contributed by atoms with van der Waals surface area (Å²) in [6.07, 6.45) is -5.03. The van der Waals surface area contributed by atoms with Crippen LogP contribution in [-0.4, -0.2) is 60.4 Å². The molecule has 2 aromatic heterocycles. The van der Waals surface area contributed by atoms with Crippen LogP contribution in [0.5, 0.6) is 0 Å². The maximum atomic E-state index is 14.4. The molecule has 1 saturated heterocycles. The van der Waals surface area contributed by atoms with E-state index in [1.165, 1.54) is 0 Å². The predicted molar refractivity (Wildman–Crippen MR) is 92.2 cm³/mol. The number of nitrogens with one attached hydrogen (secondary N) is 2. The number of carbonyl (C=O) groups excluding carboxylic acids is 1. The highest BCUT2D eigenvalue weighted by Gasteiger charge is 2.51. The summed E-state index contributed by atoms with van der Waals surface area (Å²) in [4.78, 5) is 43.6. The Hall–Kier alpha value is -2.31. The van der Waals surface area contributed by atoms with E-state index in [1.54, 1.807) is 13.8 Å². The average Bonchev–Trinajstić information content (AvgIpc) is 3.16. The molecule has 0 aliphatic carbocycles. The minimum atomic E-state index is -3.17. The molecule has 3 heterocycles. The number of hydrogen-bond acceptors (Lipinski definition) is 8. The first-order valence-electron chi connectivity index (χ1n) is 8.24. The fourth-order valence-electron chi connectivity index (χ4n) is 2.75. The van der Waals surface area contributed by atoms with E-state index in [-0.39, 0.29) is 28.9 Å². The number of H-pyrrole nitrogens is 1. The summed E-state index contributed by atoms with van der Waals surface area (Å²) < 4.78 is 36.6. The Labute approximate surface area is 157 Å². The van der Waals surface area contributed by atoms with Gasteiger partial charge in [0.2, 0.25) is 11.9 Å². The summed E-state index contributed by atoms with van der Waals surface area (Å²) >= 11 is 0. The number of aliphatic hydroxyl groups is 1. The summed E-state index contributed by atoms with van der Waals surface area (Å²) in [5.74, 6) is -0.829. The van der Waals surface area contributed by atoms with E-state index in [0.717, 1.165) is 10.9 Å². The van der Waals surface area contributed by atoms with Crippen LogP contribution < -0.4 is 10.9 Å². The van der Waals surface area contributed by atoms with Crippen molar-refractivity contribution < 1.29 is 33.0 Å². The van der Waals surface area contributed by atoms with Crippen molar-refractivity contribution in [2.75, 3.05) is 11.9 Å². The molecule has 14 heteroatoms. The van der Waals surface area contributed by atoms with Crippen molar-refractivity contribution >= 4 is 31.3 Å². The number of carbonyl (C=O) groups is 1. The molecule has 152 valence electrons. The Balaban J connectivity index is 2.00. The molecule has 1 aliphatic rings. The zero-order chi connectivity index (χ0) is 20.6. The minimum absolute atomic E-state index is 0.0681. The van der Waals surface area contributed by atoms with Crippen LogP contribution in [0.2, 0.25) is 0 Å². The lowest BCUT2D eigenvalue weighted by Crippen LogP contribution is -2.31. The molecule has 0 saturated carbocycles. The Morgan fingerprint density at radius 2 is 2.29 bits per heavy atom. The second kappa shape index (κ2) is 7.97. The van der Waals surface area contributed by atoms with Gasteiger partial charge in [-0.25, -0.2) is 9.37 Å². The van der Waals surface area contributed by atoms with Crippen LogP contribution in [-0.2, 0) is 18.6 Å². The van der Waals surface area contributed by atoms with Crippen LogP contribution in [0.3, 0.4) is 0 Å². The topological polar surface area (TPSA) is 169 Å². The lowest BCUT2D eigenvalue weighted by molar-refractivity contribution is -0.118. The smallest absolute Gasteiger partial charge is 0.394 e. The van der Waals surface area contributed by atoms with Crippen molar-refractivity contribution in [1.82, 2.24) is 19.5 Å². The summed E-state index contributed by atoms with van der Waals surface area (Å²) in [5.41, 5.74) is -0.901. The van der Waals surface area contributed by atoms with Gasteiger partial charge in [-0.15, -0.1) is 9.42 Å². The van der Waals surface area contributed by atoms with E-state index >= 15 is 0 Å². The van der Waals surface area contributed by atoms with Gasteiger partial charge in [0.15, 0.2) is 29.7 Å². The van der Waals surface area contributed by atoms with Crippen LogP contribution in [0.25, 0.3) is 11.2 Å². The molecule has 0 spiro atoms. The highest BCUT2D eigenvalue weighted by atomic mass is 31.1. The summed E-state index contributed by atoms with van der Waals surface area (Å²) in [5, 5.41) is 11.7. The lowest BCUT2D eigenvalue weighted by Gasteiger charge is -2.16. The monoisotopic (exact) mass is 418 g/mol. The maximum Gasteiger partial charge on any atom is 0.695 e. The normalized spacial score (nSPS) is 25.4. The fraction of sp³-hybridized carbons (Fsp3) is 0.571. The van der Waals surface area contributed by atoms with Crippen molar-refractivity contribution in [1.29, 1.82) is 0 Å². The van der Waals surface area contributed by atoms with Crippen LogP contribution >= 0.6 is 8.25 Å². The molecule has 28 heavy (non-hydrogen) atoms. The van der Waals surface area contributed by atoms with Gasteiger partial charge in [-0.1, -0.05) is 13.8 Å². The van der Waals surface area contributed by atoms with E-state index in [9.17, 15) is 23.7 Å². The number of nitrogens with zero attached hydrogens (tertiary/aromatic N) is 3. The SMILES string of the molecule is CC(C)C(=O)Nc1nc2ncn([C@@H]3O[C@H](CO)[C@@H](F)[C@H]3O[P+](=O)O)c2c(=O)[nH]1. The van der Waals surface area contributed by atoms with E-state index in [4.69, 9.17) is 14.2 Å². The molecule has 1 aliphatic heterocycles. The Bertz CT molecular complexity index is 963. The summed E-state index contributed by atoms with van der Waals surface area (Å²) in [6.45, 7) is 2.62. The van der Waals surface area contributed by atoms with Crippen molar-refractivity contribution in [3.8, 4) is 0 Å². The fourth-order valence-corrected chi connectivity index (χ4v) is 3.18. The van der Waals surface area contributed by atoms with Crippen molar-refractivity contribution in [2.24, 2.45) is 5.92 Å². The van der Waals surface area contributed by atoms with Gasteiger partial charge < -0.3 is 9.84 Å². The molecule has 0 bridgehead atoms. The minimum Gasteiger partial charge on any atom is -0.394 e. The molecule has 4 N–H and O–H groups in total. The molecule has 0 radical (unpaired) electrons. The van der Waals surface area contributed by atoms with E-state index < -0.39 is 45.0 Å². The Kier molecular flexibility index (Phi) is 5.82. The first kappa shape index (κ1) is 20.4. The largest absolute Gasteiger partial charge is 0.695 e. The number of aromatic nitrogens is 4.